The smallest absolute Gasteiger partial charge is 0.264 e. The summed E-state index contributed by atoms with van der Waals surface area (Å²) in [6, 6.07) is 3.46. The fourth-order valence-corrected chi connectivity index (χ4v) is 3.04. The molecular weight excluding hydrogens is 428 g/mol. The second-order valence-electron chi connectivity index (χ2n) is 7.03. The van der Waals surface area contributed by atoms with Crippen LogP contribution in [0.1, 0.15) is 38.8 Å². The van der Waals surface area contributed by atoms with Crippen molar-refractivity contribution in [1.29, 1.82) is 0 Å². The molecular formula is C20H34N2O8S. The molecule has 1 rings (SSSR count). The number of hydrogen-bond acceptors (Lipinski definition) is 9. The lowest BCUT2D eigenvalue weighted by atomic mass is 10.2. The van der Waals surface area contributed by atoms with Gasteiger partial charge in [0.1, 0.15) is 25.9 Å². The number of hydrogen-bond donors (Lipinski definition) is 0. The molecule has 0 unspecified atom stereocenters. The van der Waals surface area contributed by atoms with E-state index in [4.69, 9.17) is 23.1 Å². The van der Waals surface area contributed by atoms with Crippen molar-refractivity contribution < 1.29 is 36.3 Å². The Bertz CT molecular complexity index is 759. The summed E-state index contributed by atoms with van der Waals surface area (Å²) in [5.74, 6) is 0.246. The molecule has 0 bridgehead atoms. The number of pyridine rings is 1. The molecule has 1 heterocycles. The van der Waals surface area contributed by atoms with Gasteiger partial charge in [0.2, 0.25) is 5.91 Å². The maximum Gasteiger partial charge on any atom is 0.264 e. The summed E-state index contributed by atoms with van der Waals surface area (Å²) in [6.45, 7) is 3.43. The van der Waals surface area contributed by atoms with Crippen molar-refractivity contribution >= 4 is 16.0 Å². The first kappa shape index (κ1) is 27.2. The van der Waals surface area contributed by atoms with E-state index in [1.54, 1.807) is 18.3 Å². The highest BCUT2D eigenvalue weighted by atomic mass is 32.2. The number of amides is 1. The number of ether oxygens (including phenoxy) is 4. The molecule has 0 spiro atoms. The van der Waals surface area contributed by atoms with E-state index in [-0.39, 0.29) is 32.0 Å². The first-order chi connectivity index (χ1) is 14.7. The Labute approximate surface area is 184 Å². The quantitative estimate of drug-likeness (QED) is 0.268. The molecule has 0 aliphatic rings. The zero-order valence-corrected chi connectivity index (χ0v) is 19.7. The summed E-state index contributed by atoms with van der Waals surface area (Å²) in [4.78, 5) is 18.4. The first-order valence-corrected chi connectivity index (χ1v) is 11.9. The van der Waals surface area contributed by atoms with Gasteiger partial charge in [0.25, 0.3) is 10.1 Å². The molecule has 0 aromatic carbocycles. The van der Waals surface area contributed by atoms with E-state index in [1.165, 1.54) is 19.1 Å². The molecule has 10 nitrogen and oxygen atoms in total. The Morgan fingerprint density at radius 2 is 2.00 bits per heavy atom. The fraction of sp³-hybridized carbons (Fsp3) is 0.700. The third-order valence-electron chi connectivity index (χ3n) is 4.16. The number of carbonyl (C=O) groups excluding carboxylic acids is 1. The Kier molecular flexibility index (Phi) is 12.6. The van der Waals surface area contributed by atoms with Crippen LogP contribution in [0.2, 0.25) is 0 Å². The third-order valence-corrected chi connectivity index (χ3v) is 4.73. The minimum Gasteiger partial charge on any atom is -0.491 e. The molecule has 0 radical (unpaired) electrons. The van der Waals surface area contributed by atoms with Crippen molar-refractivity contribution in [3.05, 3.63) is 24.0 Å². The molecule has 31 heavy (non-hydrogen) atoms. The van der Waals surface area contributed by atoms with Crippen LogP contribution in [-0.2, 0) is 39.7 Å². The van der Waals surface area contributed by atoms with Gasteiger partial charge in [-0.05, 0) is 19.4 Å². The molecule has 0 fully saturated rings. The van der Waals surface area contributed by atoms with Gasteiger partial charge in [-0.15, -0.1) is 0 Å². The zero-order chi connectivity index (χ0) is 23.3. The average Bonchev–Trinajstić information content (AvgIpc) is 2.70. The number of unbranched alkanes of at least 4 members (excludes halogenated alkanes) is 1. The Balaban J connectivity index is 2.89. The van der Waals surface area contributed by atoms with Gasteiger partial charge in [0.05, 0.1) is 24.5 Å². The van der Waals surface area contributed by atoms with Gasteiger partial charge >= 0.3 is 0 Å². The summed E-state index contributed by atoms with van der Waals surface area (Å²) >= 11 is 0. The van der Waals surface area contributed by atoms with E-state index in [9.17, 15) is 13.2 Å². The predicted molar refractivity (Wildman–Crippen MR) is 114 cm³/mol. The Morgan fingerprint density at radius 1 is 1.26 bits per heavy atom. The van der Waals surface area contributed by atoms with Crippen LogP contribution >= 0.6 is 0 Å². The maximum atomic E-state index is 12.9. The molecule has 0 saturated carbocycles. The topological polar surface area (TPSA) is 113 Å². The molecule has 0 N–H and O–H groups in total. The highest BCUT2D eigenvalue weighted by Gasteiger charge is 2.26. The SMILES string of the molecule is CCCC[C@@H](C)Oc1ccnc(CC(=O)N(COC)[C@@H](COS(C)(=O)=O)OCOC)c1. The molecule has 0 aliphatic heterocycles. The minimum atomic E-state index is -3.73. The van der Waals surface area contributed by atoms with Gasteiger partial charge in [0, 0.05) is 26.5 Å². The van der Waals surface area contributed by atoms with Crippen LogP contribution < -0.4 is 4.74 Å². The first-order valence-electron chi connectivity index (χ1n) is 10.0. The van der Waals surface area contributed by atoms with Gasteiger partial charge < -0.3 is 18.9 Å². The van der Waals surface area contributed by atoms with Crippen LogP contribution in [0.4, 0.5) is 0 Å². The third kappa shape index (κ3) is 11.4. The Hall–Kier alpha value is -1.79. The molecule has 1 aromatic rings. The summed E-state index contributed by atoms with van der Waals surface area (Å²) in [6.07, 6.45) is 4.56. The molecule has 1 amide bonds. The number of rotatable bonds is 16. The second kappa shape index (κ2) is 14.3. The summed E-state index contributed by atoms with van der Waals surface area (Å²) in [5.41, 5.74) is 0.501. The molecule has 11 heteroatoms. The minimum absolute atomic E-state index is 0.0517. The summed E-state index contributed by atoms with van der Waals surface area (Å²) in [5, 5.41) is 0. The van der Waals surface area contributed by atoms with Crippen LogP contribution in [-0.4, -0.2) is 77.1 Å². The van der Waals surface area contributed by atoms with Crippen molar-refractivity contribution in [2.75, 3.05) is 40.6 Å². The van der Waals surface area contributed by atoms with E-state index in [1.807, 2.05) is 6.92 Å². The van der Waals surface area contributed by atoms with E-state index in [0.717, 1.165) is 25.5 Å². The number of nitrogens with zero attached hydrogens (tertiary/aromatic N) is 2. The highest BCUT2D eigenvalue weighted by molar-refractivity contribution is 7.85. The largest absolute Gasteiger partial charge is 0.491 e. The van der Waals surface area contributed by atoms with E-state index in [2.05, 4.69) is 11.9 Å². The fourth-order valence-electron chi connectivity index (χ4n) is 2.68. The lowest BCUT2D eigenvalue weighted by Crippen LogP contribution is -2.47. The van der Waals surface area contributed by atoms with Crippen molar-refractivity contribution in [3.63, 3.8) is 0 Å². The molecule has 2 atom stereocenters. The average molecular weight is 463 g/mol. The maximum absolute atomic E-state index is 12.9. The van der Waals surface area contributed by atoms with Crippen LogP contribution in [0.15, 0.2) is 18.3 Å². The van der Waals surface area contributed by atoms with E-state index in [0.29, 0.717) is 11.4 Å². The number of aromatic nitrogens is 1. The number of methoxy groups -OCH3 is 2. The van der Waals surface area contributed by atoms with Gasteiger partial charge in [-0.1, -0.05) is 19.8 Å². The normalized spacial score (nSPS) is 13.6. The molecule has 0 saturated heterocycles. The zero-order valence-electron chi connectivity index (χ0n) is 18.9. The van der Waals surface area contributed by atoms with Crippen molar-refractivity contribution in [2.24, 2.45) is 0 Å². The predicted octanol–water partition coefficient (Wildman–Crippen LogP) is 1.94. The Morgan fingerprint density at radius 3 is 2.61 bits per heavy atom. The van der Waals surface area contributed by atoms with Crippen molar-refractivity contribution in [2.45, 2.75) is 51.9 Å². The van der Waals surface area contributed by atoms with Crippen LogP contribution in [0.3, 0.4) is 0 Å². The second-order valence-corrected chi connectivity index (χ2v) is 8.67. The lowest BCUT2D eigenvalue weighted by Gasteiger charge is -2.30. The number of carbonyl (C=O) groups is 1. The van der Waals surface area contributed by atoms with Gasteiger partial charge in [0.15, 0.2) is 6.23 Å². The van der Waals surface area contributed by atoms with Crippen LogP contribution in [0.25, 0.3) is 0 Å². The van der Waals surface area contributed by atoms with Crippen molar-refractivity contribution in [3.8, 4) is 5.75 Å². The van der Waals surface area contributed by atoms with E-state index < -0.39 is 23.0 Å². The molecule has 0 aliphatic carbocycles. The lowest BCUT2D eigenvalue weighted by molar-refractivity contribution is -0.178. The monoisotopic (exact) mass is 462 g/mol. The van der Waals surface area contributed by atoms with Gasteiger partial charge in [-0.2, -0.15) is 8.42 Å². The van der Waals surface area contributed by atoms with Gasteiger partial charge in [-0.25, -0.2) is 0 Å². The van der Waals surface area contributed by atoms with Gasteiger partial charge in [-0.3, -0.25) is 18.9 Å². The van der Waals surface area contributed by atoms with E-state index >= 15 is 0 Å². The molecule has 178 valence electrons. The molecule has 1 aromatic heterocycles. The summed E-state index contributed by atoms with van der Waals surface area (Å²) in [7, 11) is -0.907. The summed E-state index contributed by atoms with van der Waals surface area (Å²) < 4.78 is 48.9. The standard InChI is InChI=1S/C20H34N2O8S/c1-6-7-8-16(2)30-18-9-10-21-17(11-18)12-19(23)22(14-26-3)20(28-15-27-4)13-29-31(5,24)25/h9-11,16,20H,6-8,12-15H2,1-5H3/t16-,20-/m1/s1. The van der Waals surface area contributed by atoms with Crippen LogP contribution in [0, 0.1) is 0 Å². The van der Waals surface area contributed by atoms with Crippen LogP contribution in [0.5, 0.6) is 5.75 Å². The van der Waals surface area contributed by atoms with Crippen molar-refractivity contribution in [1.82, 2.24) is 9.88 Å². The highest BCUT2D eigenvalue weighted by Crippen LogP contribution is 2.17.